The van der Waals surface area contributed by atoms with Gasteiger partial charge in [-0.3, -0.25) is 0 Å². The van der Waals surface area contributed by atoms with Gasteiger partial charge in [0.05, 0.1) is 6.07 Å². The topological polar surface area (TPSA) is 39.1 Å². The zero-order chi connectivity index (χ0) is 14.1. The van der Waals surface area contributed by atoms with Gasteiger partial charge in [0, 0.05) is 6.54 Å². The van der Waals surface area contributed by atoms with E-state index in [1.54, 1.807) is 0 Å². The minimum Gasteiger partial charge on any atom is -0.306 e. The number of nitrogens with zero attached hydrogens (tertiary/aromatic N) is 2. The summed E-state index contributed by atoms with van der Waals surface area (Å²) in [4.78, 5) is 2.33. The van der Waals surface area contributed by atoms with Crippen molar-refractivity contribution in [3.63, 3.8) is 0 Å². The van der Waals surface area contributed by atoms with Crippen molar-refractivity contribution in [1.29, 1.82) is 5.26 Å². The second kappa shape index (κ2) is 7.93. The van der Waals surface area contributed by atoms with Crippen LogP contribution in [0.25, 0.3) is 0 Å². The molecule has 0 radical (unpaired) electrons. The Kier molecular flexibility index (Phi) is 6.55. The molecule has 0 bridgehead atoms. The molecule has 0 aliphatic heterocycles. The highest BCUT2D eigenvalue weighted by molar-refractivity contribution is 5.14. The number of benzene rings is 1. The van der Waals surface area contributed by atoms with E-state index in [1.165, 1.54) is 5.56 Å². The summed E-state index contributed by atoms with van der Waals surface area (Å²) in [5.74, 6) is 0. The normalized spacial score (nSPS) is 14.1. The summed E-state index contributed by atoms with van der Waals surface area (Å²) in [6.07, 6.45) is 3.00. The fraction of sp³-hybridized carbons (Fsp3) is 0.562. The number of hydrogen-bond acceptors (Lipinski definition) is 3. The van der Waals surface area contributed by atoms with E-state index in [-0.39, 0.29) is 5.54 Å². The largest absolute Gasteiger partial charge is 0.306 e. The Hall–Kier alpha value is -1.37. The van der Waals surface area contributed by atoms with Gasteiger partial charge in [0.25, 0.3) is 0 Å². The summed E-state index contributed by atoms with van der Waals surface area (Å²) in [7, 11) is 3.99. The van der Waals surface area contributed by atoms with Gasteiger partial charge in [0.1, 0.15) is 5.54 Å². The summed E-state index contributed by atoms with van der Waals surface area (Å²) in [6.45, 7) is 4.05. The summed E-state index contributed by atoms with van der Waals surface area (Å²) in [6, 6.07) is 12.9. The molecule has 104 valence electrons. The molecule has 0 saturated carbocycles. The summed E-state index contributed by atoms with van der Waals surface area (Å²) in [5.41, 5.74) is 0.992. The predicted molar refractivity (Wildman–Crippen MR) is 80.0 cm³/mol. The summed E-state index contributed by atoms with van der Waals surface area (Å²) >= 11 is 0. The van der Waals surface area contributed by atoms with Crippen molar-refractivity contribution in [3.05, 3.63) is 35.9 Å². The van der Waals surface area contributed by atoms with Crippen LogP contribution in [-0.2, 0) is 6.42 Å². The molecule has 0 spiro atoms. The van der Waals surface area contributed by atoms with E-state index in [9.17, 15) is 0 Å². The van der Waals surface area contributed by atoms with Gasteiger partial charge in [0.2, 0.25) is 0 Å². The predicted octanol–water partition coefficient (Wildman–Crippen LogP) is 2.44. The van der Waals surface area contributed by atoms with Crippen LogP contribution >= 0.6 is 0 Å². The van der Waals surface area contributed by atoms with E-state index in [2.05, 4.69) is 47.6 Å². The van der Waals surface area contributed by atoms with Crippen LogP contribution in [0.3, 0.4) is 0 Å². The van der Waals surface area contributed by atoms with Crippen LogP contribution in [0.5, 0.6) is 0 Å². The van der Waals surface area contributed by atoms with Crippen LogP contribution in [0.4, 0.5) is 0 Å². The monoisotopic (exact) mass is 259 g/mol. The highest BCUT2D eigenvalue weighted by Gasteiger charge is 2.20. The second-order valence-electron chi connectivity index (χ2n) is 5.34. The Balaban J connectivity index is 2.22. The fourth-order valence-electron chi connectivity index (χ4n) is 2.02. The molecule has 3 heteroatoms. The molecule has 0 saturated heterocycles. The van der Waals surface area contributed by atoms with Gasteiger partial charge in [-0.15, -0.1) is 0 Å². The van der Waals surface area contributed by atoms with E-state index >= 15 is 0 Å². The Labute approximate surface area is 117 Å². The van der Waals surface area contributed by atoms with E-state index in [0.717, 1.165) is 32.4 Å². The lowest BCUT2D eigenvalue weighted by molar-refractivity contribution is 0.311. The molecule has 1 rings (SSSR count). The molecular formula is C16H25N3. The van der Waals surface area contributed by atoms with Crippen LogP contribution in [0.1, 0.15) is 25.3 Å². The molecule has 1 unspecified atom stereocenters. The lowest BCUT2D eigenvalue weighted by Crippen LogP contribution is -2.38. The van der Waals surface area contributed by atoms with E-state index < -0.39 is 0 Å². The molecule has 0 heterocycles. The summed E-state index contributed by atoms with van der Waals surface area (Å²) < 4.78 is 0. The van der Waals surface area contributed by atoms with Crippen molar-refractivity contribution in [2.75, 3.05) is 27.2 Å². The van der Waals surface area contributed by atoms with Crippen molar-refractivity contribution in [1.82, 2.24) is 10.2 Å². The maximum absolute atomic E-state index is 9.08. The van der Waals surface area contributed by atoms with Crippen molar-refractivity contribution in [2.45, 2.75) is 31.7 Å². The number of rotatable bonds is 8. The van der Waals surface area contributed by atoms with Gasteiger partial charge in [-0.2, -0.15) is 5.26 Å². The molecule has 19 heavy (non-hydrogen) atoms. The molecule has 1 N–H and O–H groups in total. The standard InChI is InChI=1S/C16H25N3/c1-16(14-17,18-2)11-7-12-19(3)13-10-15-8-5-4-6-9-15/h4-6,8-9,18H,7,10-13H2,1-3H3. The SMILES string of the molecule is CNC(C)(C#N)CCCN(C)CCc1ccccc1. The van der Waals surface area contributed by atoms with E-state index in [1.807, 2.05) is 20.0 Å². The van der Waals surface area contributed by atoms with Crippen LogP contribution in [-0.4, -0.2) is 37.6 Å². The van der Waals surface area contributed by atoms with Gasteiger partial charge < -0.3 is 10.2 Å². The third kappa shape index (κ3) is 5.87. The van der Waals surface area contributed by atoms with E-state index in [4.69, 9.17) is 5.26 Å². The molecule has 0 amide bonds. The molecule has 0 aliphatic rings. The Morgan fingerprint density at radius 3 is 2.53 bits per heavy atom. The smallest absolute Gasteiger partial charge is 0.103 e. The van der Waals surface area contributed by atoms with Gasteiger partial charge in [0.15, 0.2) is 0 Å². The molecule has 0 fully saturated rings. The lowest BCUT2D eigenvalue weighted by Gasteiger charge is -2.22. The maximum Gasteiger partial charge on any atom is 0.103 e. The first-order valence-electron chi connectivity index (χ1n) is 6.92. The quantitative estimate of drug-likeness (QED) is 0.779. The first-order valence-corrected chi connectivity index (χ1v) is 6.92. The first kappa shape index (κ1) is 15.7. The molecular weight excluding hydrogens is 234 g/mol. The van der Waals surface area contributed by atoms with Crippen LogP contribution in [0.2, 0.25) is 0 Å². The van der Waals surface area contributed by atoms with Crippen molar-refractivity contribution in [2.24, 2.45) is 0 Å². The molecule has 1 aromatic carbocycles. The highest BCUT2D eigenvalue weighted by Crippen LogP contribution is 2.10. The highest BCUT2D eigenvalue weighted by atomic mass is 15.1. The number of nitriles is 1. The minimum atomic E-state index is -0.389. The Bertz CT molecular complexity index is 396. The number of likely N-dealkylation sites (N-methyl/N-ethyl adjacent to an activating group) is 1. The van der Waals surface area contributed by atoms with Gasteiger partial charge in [-0.25, -0.2) is 0 Å². The average Bonchev–Trinajstić information content (AvgIpc) is 2.46. The molecule has 0 aliphatic carbocycles. The maximum atomic E-state index is 9.08. The Morgan fingerprint density at radius 2 is 1.95 bits per heavy atom. The fourth-order valence-corrected chi connectivity index (χ4v) is 2.02. The molecule has 1 aromatic rings. The minimum absolute atomic E-state index is 0.389. The zero-order valence-electron chi connectivity index (χ0n) is 12.3. The van der Waals surface area contributed by atoms with Crippen LogP contribution in [0, 0.1) is 11.3 Å². The number of nitrogens with one attached hydrogen (secondary N) is 1. The van der Waals surface area contributed by atoms with Crippen molar-refractivity contribution < 1.29 is 0 Å². The molecule has 3 nitrogen and oxygen atoms in total. The van der Waals surface area contributed by atoms with Gasteiger partial charge in [-0.1, -0.05) is 30.3 Å². The van der Waals surface area contributed by atoms with Crippen LogP contribution < -0.4 is 5.32 Å². The van der Waals surface area contributed by atoms with Gasteiger partial charge >= 0.3 is 0 Å². The number of hydrogen-bond donors (Lipinski definition) is 1. The third-order valence-electron chi connectivity index (χ3n) is 3.64. The second-order valence-corrected chi connectivity index (χ2v) is 5.34. The molecule has 0 aromatic heterocycles. The summed E-state index contributed by atoms with van der Waals surface area (Å²) in [5, 5.41) is 12.2. The Morgan fingerprint density at radius 1 is 1.26 bits per heavy atom. The van der Waals surface area contributed by atoms with E-state index in [0.29, 0.717) is 0 Å². The average molecular weight is 259 g/mol. The van der Waals surface area contributed by atoms with Gasteiger partial charge in [-0.05, 0) is 52.4 Å². The van der Waals surface area contributed by atoms with Crippen molar-refractivity contribution in [3.8, 4) is 6.07 Å². The zero-order valence-corrected chi connectivity index (χ0v) is 12.3. The third-order valence-corrected chi connectivity index (χ3v) is 3.64. The van der Waals surface area contributed by atoms with Crippen LogP contribution in [0.15, 0.2) is 30.3 Å². The first-order chi connectivity index (χ1) is 9.09. The van der Waals surface area contributed by atoms with Crippen molar-refractivity contribution >= 4 is 0 Å². The molecule has 1 atom stereocenters. The lowest BCUT2D eigenvalue weighted by atomic mass is 9.98.